The minimum Gasteiger partial charge on any atom is -0.336 e. The minimum absolute atomic E-state index is 0.106. The number of urea groups is 1. The third kappa shape index (κ3) is 3.04. The maximum absolute atomic E-state index is 12.1. The van der Waals surface area contributed by atoms with Crippen molar-refractivity contribution in [3.63, 3.8) is 0 Å². The first kappa shape index (κ1) is 15.1. The van der Waals surface area contributed by atoms with Crippen molar-refractivity contribution < 1.29 is 14.4 Å². The zero-order valence-corrected chi connectivity index (χ0v) is 13.0. The van der Waals surface area contributed by atoms with Crippen LogP contribution in [0.4, 0.5) is 9.93 Å². The predicted octanol–water partition coefficient (Wildman–Crippen LogP) is 1.26. The summed E-state index contributed by atoms with van der Waals surface area (Å²) in [6.07, 6.45) is 0. The molecule has 4 amide bonds. The minimum atomic E-state index is -0.460. The third-order valence-electron chi connectivity index (χ3n) is 3.25. The van der Waals surface area contributed by atoms with E-state index in [1.54, 1.807) is 31.2 Å². The number of carbonyl (C=O) groups excluding carboxylic acids is 3. The monoisotopic (exact) mass is 331 g/mol. The molecule has 8 nitrogen and oxygen atoms in total. The number of aromatic nitrogens is 2. The number of anilines is 1. The topological polar surface area (TPSA) is 104 Å². The number of nitrogens with one attached hydrogen (secondary N) is 2. The lowest BCUT2D eigenvalue weighted by atomic mass is 10.1. The molecule has 1 aliphatic rings. The van der Waals surface area contributed by atoms with Gasteiger partial charge in [0.05, 0.1) is 11.1 Å². The third-order valence-corrected chi connectivity index (χ3v) is 4.00. The standard InChI is InChI=1S/C14H13N5O3S/c1-8-17-18-14(23-8)16-13(22)15-6-7-19-11(20)9-4-2-3-5-10(9)12(19)21/h2-5H,6-7H2,1H3,(H2,15,16,18,22). The van der Waals surface area contributed by atoms with Crippen LogP contribution in [0.3, 0.4) is 0 Å². The van der Waals surface area contributed by atoms with Gasteiger partial charge in [0.25, 0.3) is 11.8 Å². The van der Waals surface area contributed by atoms with Crippen molar-refractivity contribution in [1.29, 1.82) is 0 Å². The van der Waals surface area contributed by atoms with Gasteiger partial charge < -0.3 is 5.32 Å². The van der Waals surface area contributed by atoms with Gasteiger partial charge in [-0.1, -0.05) is 23.5 Å². The molecule has 23 heavy (non-hydrogen) atoms. The highest BCUT2D eigenvalue weighted by Gasteiger charge is 2.34. The van der Waals surface area contributed by atoms with Gasteiger partial charge in [-0.15, -0.1) is 10.2 Å². The summed E-state index contributed by atoms with van der Waals surface area (Å²) >= 11 is 1.25. The fraction of sp³-hybridized carbons (Fsp3) is 0.214. The molecule has 2 aromatic rings. The largest absolute Gasteiger partial charge is 0.336 e. The Morgan fingerprint density at radius 3 is 2.39 bits per heavy atom. The normalized spacial score (nSPS) is 13.2. The van der Waals surface area contributed by atoms with Gasteiger partial charge in [0.15, 0.2) is 0 Å². The van der Waals surface area contributed by atoms with Gasteiger partial charge in [-0.3, -0.25) is 19.8 Å². The van der Waals surface area contributed by atoms with Gasteiger partial charge in [0.2, 0.25) is 5.13 Å². The molecule has 2 heterocycles. The van der Waals surface area contributed by atoms with E-state index in [1.807, 2.05) is 0 Å². The lowest BCUT2D eigenvalue weighted by Gasteiger charge is -2.14. The molecular weight excluding hydrogens is 318 g/mol. The summed E-state index contributed by atoms with van der Waals surface area (Å²) in [5, 5.41) is 13.8. The van der Waals surface area contributed by atoms with E-state index in [1.165, 1.54) is 11.3 Å². The molecule has 0 saturated carbocycles. The number of rotatable bonds is 4. The van der Waals surface area contributed by atoms with Crippen molar-refractivity contribution in [3.05, 3.63) is 40.4 Å². The van der Waals surface area contributed by atoms with Crippen LogP contribution in [0.1, 0.15) is 25.7 Å². The first-order valence-electron chi connectivity index (χ1n) is 6.86. The number of hydrogen-bond donors (Lipinski definition) is 2. The van der Waals surface area contributed by atoms with Crippen molar-refractivity contribution in [1.82, 2.24) is 20.4 Å². The first-order chi connectivity index (χ1) is 11.1. The molecule has 9 heteroatoms. The molecule has 0 unspecified atom stereocenters. The van der Waals surface area contributed by atoms with Crippen LogP contribution in [0, 0.1) is 6.92 Å². The van der Waals surface area contributed by atoms with Crippen LogP contribution in [-0.2, 0) is 0 Å². The zero-order chi connectivity index (χ0) is 16.4. The molecule has 0 aliphatic carbocycles. The maximum Gasteiger partial charge on any atom is 0.321 e. The molecule has 3 rings (SSSR count). The molecule has 1 aromatic heterocycles. The second kappa shape index (κ2) is 6.13. The number of benzene rings is 1. The van der Waals surface area contributed by atoms with Crippen LogP contribution in [0.15, 0.2) is 24.3 Å². The van der Waals surface area contributed by atoms with Crippen LogP contribution < -0.4 is 10.6 Å². The lowest BCUT2D eigenvalue weighted by Crippen LogP contribution is -2.39. The van der Waals surface area contributed by atoms with Crippen LogP contribution in [0.25, 0.3) is 0 Å². The summed E-state index contributed by atoms with van der Waals surface area (Å²) in [7, 11) is 0. The van der Waals surface area contributed by atoms with Crippen LogP contribution in [0.5, 0.6) is 0 Å². The smallest absolute Gasteiger partial charge is 0.321 e. The van der Waals surface area contributed by atoms with E-state index < -0.39 is 6.03 Å². The highest BCUT2D eigenvalue weighted by Crippen LogP contribution is 2.21. The molecule has 118 valence electrons. The number of aryl methyl sites for hydroxylation is 1. The Balaban J connectivity index is 1.52. The SMILES string of the molecule is Cc1nnc(NC(=O)NCCN2C(=O)c3ccccc3C2=O)s1. The molecule has 0 atom stereocenters. The predicted molar refractivity (Wildman–Crippen MR) is 83.5 cm³/mol. The molecule has 1 aromatic carbocycles. The van der Waals surface area contributed by atoms with Gasteiger partial charge in [-0.05, 0) is 19.1 Å². The van der Waals surface area contributed by atoms with E-state index in [9.17, 15) is 14.4 Å². The number of carbonyl (C=O) groups is 3. The van der Waals surface area contributed by atoms with E-state index in [4.69, 9.17) is 0 Å². The average Bonchev–Trinajstić information content (AvgIpc) is 3.04. The zero-order valence-electron chi connectivity index (χ0n) is 12.2. The Kier molecular flexibility index (Phi) is 4.02. The van der Waals surface area contributed by atoms with Crippen molar-refractivity contribution in [2.45, 2.75) is 6.92 Å². The molecule has 2 N–H and O–H groups in total. The Hall–Kier alpha value is -2.81. The lowest BCUT2D eigenvalue weighted by molar-refractivity contribution is 0.0656. The number of nitrogens with zero attached hydrogens (tertiary/aromatic N) is 3. The van der Waals surface area contributed by atoms with Gasteiger partial charge in [-0.25, -0.2) is 4.79 Å². The van der Waals surface area contributed by atoms with Crippen molar-refractivity contribution >= 4 is 34.3 Å². The molecule has 0 spiro atoms. The van der Waals surface area contributed by atoms with E-state index in [2.05, 4.69) is 20.8 Å². The van der Waals surface area contributed by atoms with Crippen molar-refractivity contribution in [3.8, 4) is 0 Å². The van der Waals surface area contributed by atoms with Gasteiger partial charge >= 0.3 is 6.03 Å². The Morgan fingerprint density at radius 1 is 1.17 bits per heavy atom. The van der Waals surface area contributed by atoms with E-state index in [0.717, 1.165) is 9.91 Å². The Labute approximate surface area is 135 Å². The van der Waals surface area contributed by atoms with E-state index in [0.29, 0.717) is 16.3 Å². The molecule has 0 bridgehead atoms. The quantitative estimate of drug-likeness (QED) is 0.821. The Bertz CT molecular complexity index is 753. The van der Waals surface area contributed by atoms with Crippen LogP contribution >= 0.6 is 11.3 Å². The number of fused-ring (bicyclic) bond motifs is 1. The maximum atomic E-state index is 12.1. The summed E-state index contributed by atoms with van der Waals surface area (Å²) in [4.78, 5) is 37.1. The number of imide groups is 1. The highest BCUT2D eigenvalue weighted by atomic mass is 32.1. The molecule has 1 aliphatic heterocycles. The van der Waals surface area contributed by atoms with Crippen LogP contribution in [0.2, 0.25) is 0 Å². The van der Waals surface area contributed by atoms with Crippen molar-refractivity contribution in [2.24, 2.45) is 0 Å². The number of hydrogen-bond acceptors (Lipinski definition) is 6. The summed E-state index contributed by atoms with van der Waals surface area (Å²) in [6, 6.07) is 6.20. The fourth-order valence-electron chi connectivity index (χ4n) is 2.21. The second-order valence-corrected chi connectivity index (χ2v) is 6.00. The molecule has 0 saturated heterocycles. The Morgan fingerprint density at radius 2 is 1.83 bits per heavy atom. The van der Waals surface area contributed by atoms with Crippen molar-refractivity contribution in [2.75, 3.05) is 18.4 Å². The fourth-order valence-corrected chi connectivity index (χ4v) is 2.80. The van der Waals surface area contributed by atoms with Gasteiger partial charge in [0.1, 0.15) is 5.01 Å². The van der Waals surface area contributed by atoms with Gasteiger partial charge in [-0.2, -0.15) is 0 Å². The second-order valence-electron chi connectivity index (χ2n) is 4.81. The van der Waals surface area contributed by atoms with Crippen LogP contribution in [-0.4, -0.2) is 46.0 Å². The van der Waals surface area contributed by atoms with E-state index >= 15 is 0 Å². The molecule has 0 radical (unpaired) electrons. The molecule has 0 fully saturated rings. The first-order valence-corrected chi connectivity index (χ1v) is 7.68. The molecular formula is C14H13N5O3S. The van der Waals surface area contributed by atoms with Gasteiger partial charge in [0, 0.05) is 13.1 Å². The summed E-state index contributed by atoms with van der Waals surface area (Å²) < 4.78 is 0. The average molecular weight is 331 g/mol. The summed E-state index contributed by atoms with van der Waals surface area (Å²) in [6.45, 7) is 2.03. The summed E-state index contributed by atoms with van der Waals surface area (Å²) in [5.41, 5.74) is 0.789. The summed E-state index contributed by atoms with van der Waals surface area (Å²) in [5.74, 6) is -0.680. The van der Waals surface area contributed by atoms with E-state index in [-0.39, 0.29) is 24.9 Å². The highest BCUT2D eigenvalue weighted by molar-refractivity contribution is 7.15. The number of amides is 4.